The van der Waals surface area contributed by atoms with E-state index in [2.05, 4.69) is 0 Å². The van der Waals surface area contributed by atoms with Gasteiger partial charge in [-0.2, -0.15) is 0 Å². The lowest BCUT2D eigenvalue weighted by atomic mass is 9.96. The van der Waals surface area contributed by atoms with Crippen LogP contribution in [-0.2, 0) is 0 Å². The lowest BCUT2D eigenvalue weighted by Gasteiger charge is -2.32. The fraction of sp³-hybridized carbons (Fsp3) is 0.385. The van der Waals surface area contributed by atoms with Crippen molar-refractivity contribution >= 4 is 23.3 Å². The van der Waals surface area contributed by atoms with Gasteiger partial charge in [-0.15, -0.1) is 0 Å². The second-order valence-electron chi connectivity index (χ2n) is 4.53. The molecule has 1 aromatic rings. The summed E-state index contributed by atoms with van der Waals surface area (Å²) in [5.74, 6) is 0.0587. The molecule has 1 aliphatic rings. The third kappa shape index (κ3) is 2.64. The molecule has 5 heteroatoms. The molecular formula is C13H16ClN3O. The smallest absolute Gasteiger partial charge is 0.255 e. The van der Waals surface area contributed by atoms with Gasteiger partial charge in [0.15, 0.2) is 0 Å². The van der Waals surface area contributed by atoms with Crippen LogP contribution in [0.25, 0.3) is 0 Å². The summed E-state index contributed by atoms with van der Waals surface area (Å²) in [4.78, 5) is 14.1. The number of amidine groups is 1. The predicted octanol–water partition coefficient (Wildman–Crippen LogP) is 2.13. The van der Waals surface area contributed by atoms with Gasteiger partial charge < -0.3 is 10.6 Å². The number of carbonyl (C=O) groups is 1. The molecule has 1 aliphatic heterocycles. The number of nitrogens with zero attached hydrogens (tertiary/aromatic N) is 1. The molecule has 18 heavy (non-hydrogen) atoms. The van der Waals surface area contributed by atoms with Crippen LogP contribution in [0, 0.1) is 11.3 Å². The minimum atomic E-state index is -0.0773. The number of nitrogens with one attached hydrogen (secondary N) is 1. The maximum atomic E-state index is 12.3. The first kappa shape index (κ1) is 12.9. The maximum Gasteiger partial charge on any atom is 0.255 e. The number of hydrogen-bond acceptors (Lipinski definition) is 2. The molecule has 1 heterocycles. The van der Waals surface area contributed by atoms with Crippen molar-refractivity contribution in [3.8, 4) is 0 Å². The minimum Gasteiger partial charge on any atom is -0.387 e. The molecule has 1 fully saturated rings. The standard InChI is InChI=1S/C13H16ClN3O/c14-11-6-2-1-5-10(11)13(18)17-7-3-4-9(8-17)12(15)16/h1-2,5-6,9H,3-4,7-8H2,(H3,15,16)/t9-/m1/s1. The molecule has 1 aromatic carbocycles. The van der Waals surface area contributed by atoms with Crippen LogP contribution in [-0.4, -0.2) is 29.7 Å². The van der Waals surface area contributed by atoms with E-state index in [1.807, 2.05) is 0 Å². The predicted molar refractivity (Wildman–Crippen MR) is 72.0 cm³/mol. The number of carbonyl (C=O) groups excluding carboxylic acids is 1. The van der Waals surface area contributed by atoms with Crippen molar-refractivity contribution in [1.82, 2.24) is 4.90 Å². The highest BCUT2D eigenvalue weighted by Crippen LogP contribution is 2.22. The molecule has 0 radical (unpaired) electrons. The Balaban J connectivity index is 2.14. The normalized spacial score (nSPS) is 19.6. The Morgan fingerprint density at radius 2 is 2.17 bits per heavy atom. The summed E-state index contributed by atoms with van der Waals surface area (Å²) in [5, 5.41) is 7.95. The summed E-state index contributed by atoms with van der Waals surface area (Å²) in [6.45, 7) is 1.22. The second-order valence-corrected chi connectivity index (χ2v) is 4.93. The third-order valence-corrected chi connectivity index (χ3v) is 3.58. The Morgan fingerprint density at radius 3 is 2.83 bits per heavy atom. The summed E-state index contributed by atoms with van der Waals surface area (Å²) in [5.41, 5.74) is 6.03. The van der Waals surface area contributed by atoms with Gasteiger partial charge in [0.1, 0.15) is 0 Å². The Labute approximate surface area is 111 Å². The molecular weight excluding hydrogens is 250 g/mol. The number of nitrogens with two attached hydrogens (primary N) is 1. The molecule has 1 atom stereocenters. The van der Waals surface area contributed by atoms with E-state index in [1.165, 1.54) is 0 Å². The maximum absolute atomic E-state index is 12.3. The Hall–Kier alpha value is -1.55. The summed E-state index contributed by atoms with van der Waals surface area (Å²) in [6, 6.07) is 7.03. The van der Waals surface area contributed by atoms with Gasteiger partial charge in [0.25, 0.3) is 5.91 Å². The van der Waals surface area contributed by atoms with E-state index in [0.717, 1.165) is 12.8 Å². The molecule has 0 aliphatic carbocycles. The van der Waals surface area contributed by atoms with Gasteiger partial charge in [-0.25, -0.2) is 0 Å². The first-order chi connectivity index (χ1) is 8.59. The van der Waals surface area contributed by atoms with Crippen molar-refractivity contribution in [2.24, 2.45) is 11.7 Å². The summed E-state index contributed by atoms with van der Waals surface area (Å²) in [7, 11) is 0. The molecule has 2 rings (SSSR count). The zero-order valence-electron chi connectivity index (χ0n) is 10.0. The summed E-state index contributed by atoms with van der Waals surface area (Å²) < 4.78 is 0. The molecule has 0 spiro atoms. The van der Waals surface area contributed by atoms with Gasteiger partial charge >= 0.3 is 0 Å². The van der Waals surface area contributed by atoms with Crippen molar-refractivity contribution < 1.29 is 4.79 Å². The summed E-state index contributed by atoms with van der Waals surface area (Å²) >= 11 is 6.02. The average molecular weight is 266 g/mol. The Kier molecular flexibility index (Phi) is 3.87. The lowest BCUT2D eigenvalue weighted by Crippen LogP contribution is -2.44. The van der Waals surface area contributed by atoms with Crippen LogP contribution in [0.2, 0.25) is 5.02 Å². The first-order valence-electron chi connectivity index (χ1n) is 5.97. The Morgan fingerprint density at radius 1 is 1.44 bits per heavy atom. The van der Waals surface area contributed by atoms with Gasteiger partial charge in [0.05, 0.1) is 16.4 Å². The van der Waals surface area contributed by atoms with E-state index in [1.54, 1.807) is 29.2 Å². The number of hydrogen-bond donors (Lipinski definition) is 2. The third-order valence-electron chi connectivity index (χ3n) is 3.25. The van der Waals surface area contributed by atoms with Crippen LogP contribution in [0.5, 0.6) is 0 Å². The number of amides is 1. The van der Waals surface area contributed by atoms with Gasteiger partial charge in [-0.05, 0) is 25.0 Å². The number of rotatable bonds is 2. The Bertz CT molecular complexity index is 475. The molecule has 0 unspecified atom stereocenters. The van der Waals surface area contributed by atoms with Gasteiger partial charge in [-0.1, -0.05) is 23.7 Å². The van der Waals surface area contributed by atoms with Crippen LogP contribution in [0.15, 0.2) is 24.3 Å². The quantitative estimate of drug-likeness (QED) is 0.635. The van der Waals surface area contributed by atoms with Crippen molar-refractivity contribution in [1.29, 1.82) is 5.41 Å². The van der Waals surface area contributed by atoms with E-state index in [9.17, 15) is 4.79 Å². The van der Waals surface area contributed by atoms with Crippen LogP contribution >= 0.6 is 11.6 Å². The number of likely N-dealkylation sites (tertiary alicyclic amines) is 1. The monoisotopic (exact) mass is 265 g/mol. The highest BCUT2D eigenvalue weighted by Gasteiger charge is 2.26. The number of halogens is 1. The lowest BCUT2D eigenvalue weighted by molar-refractivity contribution is 0.0703. The van der Waals surface area contributed by atoms with Gasteiger partial charge in [0, 0.05) is 19.0 Å². The van der Waals surface area contributed by atoms with E-state index >= 15 is 0 Å². The van der Waals surface area contributed by atoms with Crippen molar-refractivity contribution in [3.05, 3.63) is 34.9 Å². The van der Waals surface area contributed by atoms with Crippen molar-refractivity contribution in [2.45, 2.75) is 12.8 Å². The van der Waals surface area contributed by atoms with Crippen LogP contribution in [0.1, 0.15) is 23.2 Å². The van der Waals surface area contributed by atoms with Crippen LogP contribution < -0.4 is 5.73 Å². The number of benzene rings is 1. The zero-order valence-corrected chi connectivity index (χ0v) is 10.8. The first-order valence-corrected chi connectivity index (χ1v) is 6.35. The van der Waals surface area contributed by atoms with E-state index in [-0.39, 0.29) is 17.7 Å². The number of piperidine rings is 1. The fourth-order valence-corrected chi connectivity index (χ4v) is 2.44. The molecule has 96 valence electrons. The molecule has 0 aromatic heterocycles. The van der Waals surface area contributed by atoms with Crippen molar-refractivity contribution in [2.75, 3.05) is 13.1 Å². The van der Waals surface area contributed by atoms with Gasteiger partial charge in [-0.3, -0.25) is 10.2 Å². The highest BCUT2D eigenvalue weighted by atomic mass is 35.5. The van der Waals surface area contributed by atoms with Crippen molar-refractivity contribution in [3.63, 3.8) is 0 Å². The molecule has 1 saturated heterocycles. The highest BCUT2D eigenvalue weighted by molar-refractivity contribution is 6.33. The van der Waals surface area contributed by atoms with Gasteiger partial charge in [0.2, 0.25) is 0 Å². The largest absolute Gasteiger partial charge is 0.387 e. The van der Waals surface area contributed by atoms with E-state index in [4.69, 9.17) is 22.7 Å². The molecule has 4 nitrogen and oxygen atoms in total. The topological polar surface area (TPSA) is 70.2 Å². The average Bonchev–Trinajstić information content (AvgIpc) is 2.38. The molecule has 0 saturated carbocycles. The van der Waals surface area contributed by atoms with E-state index < -0.39 is 0 Å². The molecule has 1 amide bonds. The zero-order chi connectivity index (χ0) is 13.1. The SMILES string of the molecule is N=C(N)[C@@H]1CCCN(C(=O)c2ccccc2Cl)C1. The van der Waals surface area contributed by atoms with E-state index in [0.29, 0.717) is 23.7 Å². The minimum absolute atomic E-state index is 0.0230. The van der Waals surface area contributed by atoms with Crippen LogP contribution in [0.3, 0.4) is 0 Å². The van der Waals surface area contributed by atoms with Crippen LogP contribution in [0.4, 0.5) is 0 Å². The second kappa shape index (κ2) is 5.40. The summed E-state index contributed by atoms with van der Waals surface area (Å²) in [6.07, 6.45) is 1.75. The molecule has 3 N–H and O–H groups in total. The fourth-order valence-electron chi connectivity index (χ4n) is 2.22. The molecule has 0 bridgehead atoms.